The second-order valence-electron chi connectivity index (χ2n) is 3.49. The van der Waals surface area contributed by atoms with Gasteiger partial charge in [0, 0.05) is 22.1 Å². The lowest BCUT2D eigenvalue weighted by Crippen LogP contribution is -2.10. The molecule has 0 fully saturated rings. The number of unbranched alkanes of at least 4 members (excludes halogenated alkanes) is 1. The van der Waals surface area contributed by atoms with Crippen LogP contribution in [-0.4, -0.2) is 19.8 Å². The Morgan fingerprint density at radius 3 is 2.50 bits per heavy atom. The second-order valence-corrected chi connectivity index (χ2v) is 5.20. The molecular formula is C12H17Br2NO. The highest BCUT2D eigenvalue weighted by Crippen LogP contribution is 2.30. The molecule has 0 atom stereocenters. The van der Waals surface area contributed by atoms with Crippen molar-refractivity contribution < 1.29 is 4.74 Å². The lowest BCUT2D eigenvalue weighted by molar-refractivity contribution is 0.141. The van der Waals surface area contributed by atoms with Crippen molar-refractivity contribution in [1.29, 1.82) is 0 Å². The van der Waals surface area contributed by atoms with Gasteiger partial charge in [0.2, 0.25) is 0 Å². The Hall–Kier alpha value is -0.0600. The minimum atomic E-state index is 0.744. The maximum Gasteiger partial charge on any atom is 0.0639 e. The molecule has 1 rings (SSSR count). The van der Waals surface area contributed by atoms with Crippen LogP contribution in [0.3, 0.4) is 0 Å². The zero-order chi connectivity index (χ0) is 11.8. The Bertz CT molecular complexity index is 298. The summed E-state index contributed by atoms with van der Waals surface area (Å²) in [5.74, 6) is 0. The highest BCUT2D eigenvalue weighted by molar-refractivity contribution is 9.11. The van der Waals surface area contributed by atoms with E-state index in [1.165, 1.54) is 6.42 Å². The van der Waals surface area contributed by atoms with Gasteiger partial charge in [0.05, 0.1) is 12.3 Å². The predicted molar refractivity (Wildman–Crippen MR) is 76.1 cm³/mol. The van der Waals surface area contributed by atoms with Gasteiger partial charge in [0.15, 0.2) is 0 Å². The topological polar surface area (TPSA) is 21.3 Å². The summed E-state index contributed by atoms with van der Waals surface area (Å²) in [5, 5.41) is 3.34. The summed E-state index contributed by atoms with van der Waals surface area (Å²) in [4.78, 5) is 0. The Morgan fingerprint density at radius 1 is 1.19 bits per heavy atom. The van der Waals surface area contributed by atoms with E-state index in [4.69, 9.17) is 4.74 Å². The minimum absolute atomic E-state index is 0.744. The maximum absolute atomic E-state index is 5.48. The summed E-state index contributed by atoms with van der Waals surface area (Å²) >= 11 is 7.02. The highest BCUT2D eigenvalue weighted by atomic mass is 79.9. The summed E-state index contributed by atoms with van der Waals surface area (Å²) in [6.07, 6.45) is 2.32. The van der Waals surface area contributed by atoms with Crippen LogP contribution in [0.25, 0.3) is 0 Å². The largest absolute Gasteiger partial charge is 0.381 e. The van der Waals surface area contributed by atoms with E-state index in [2.05, 4.69) is 44.1 Å². The van der Waals surface area contributed by atoms with Gasteiger partial charge in [0.1, 0.15) is 0 Å². The zero-order valence-corrected chi connectivity index (χ0v) is 12.6. The first-order chi connectivity index (χ1) is 7.75. The van der Waals surface area contributed by atoms with Crippen molar-refractivity contribution in [2.24, 2.45) is 0 Å². The number of hydrogen-bond acceptors (Lipinski definition) is 2. The molecule has 0 heterocycles. The van der Waals surface area contributed by atoms with E-state index >= 15 is 0 Å². The first-order valence-electron chi connectivity index (χ1n) is 5.51. The van der Waals surface area contributed by atoms with E-state index in [1.807, 2.05) is 18.2 Å². The highest BCUT2D eigenvalue weighted by Gasteiger charge is 2.02. The van der Waals surface area contributed by atoms with Gasteiger partial charge in [-0.1, -0.05) is 19.4 Å². The Kier molecular flexibility index (Phi) is 7.08. The monoisotopic (exact) mass is 349 g/mol. The third-order valence-corrected chi connectivity index (χ3v) is 3.47. The number of benzene rings is 1. The molecule has 0 aliphatic carbocycles. The Labute approximate surface area is 114 Å². The normalized spacial score (nSPS) is 10.4. The number of anilines is 1. The van der Waals surface area contributed by atoms with E-state index in [-0.39, 0.29) is 0 Å². The second kappa shape index (κ2) is 8.09. The van der Waals surface area contributed by atoms with Crippen molar-refractivity contribution in [2.75, 3.05) is 25.1 Å². The van der Waals surface area contributed by atoms with E-state index < -0.39 is 0 Å². The average molecular weight is 351 g/mol. The van der Waals surface area contributed by atoms with Crippen LogP contribution >= 0.6 is 31.9 Å². The predicted octanol–water partition coefficient (Wildman–Crippen LogP) is 4.44. The van der Waals surface area contributed by atoms with E-state index in [9.17, 15) is 0 Å². The van der Waals surface area contributed by atoms with Crippen molar-refractivity contribution >= 4 is 37.5 Å². The number of nitrogens with one attached hydrogen (secondary N) is 1. The van der Waals surface area contributed by atoms with Crippen molar-refractivity contribution in [3.8, 4) is 0 Å². The molecule has 4 heteroatoms. The fourth-order valence-electron chi connectivity index (χ4n) is 1.26. The van der Waals surface area contributed by atoms with Crippen molar-refractivity contribution in [1.82, 2.24) is 0 Å². The molecule has 0 spiro atoms. The molecule has 90 valence electrons. The third kappa shape index (κ3) is 4.85. The van der Waals surface area contributed by atoms with Gasteiger partial charge in [-0.05, 0) is 50.4 Å². The molecule has 2 nitrogen and oxygen atoms in total. The van der Waals surface area contributed by atoms with Crippen molar-refractivity contribution in [3.63, 3.8) is 0 Å². The van der Waals surface area contributed by atoms with Crippen LogP contribution < -0.4 is 5.32 Å². The van der Waals surface area contributed by atoms with Gasteiger partial charge in [-0.3, -0.25) is 0 Å². The number of hydrogen-bond donors (Lipinski definition) is 1. The molecule has 1 N–H and O–H groups in total. The molecule has 0 saturated heterocycles. The van der Waals surface area contributed by atoms with E-state index in [0.29, 0.717) is 0 Å². The SMILES string of the molecule is CCCCOCCNc1c(Br)cccc1Br. The number of ether oxygens (including phenoxy) is 1. The molecular weight excluding hydrogens is 334 g/mol. The molecule has 0 bridgehead atoms. The minimum Gasteiger partial charge on any atom is -0.381 e. The smallest absolute Gasteiger partial charge is 0.0639 e. The molecule has 1 aromatic carbocycles. The van der Waals surface area contributed by atoms with Crippen LogP contribution in [0, 0.1) is 0 Å². The number of para-hydroxylation sites is 1. The van der Waals surface area contributed by atoms with Gasteiger partial charge >= 0.3 is 0 Å². The van der Waals surface area contributed by atoms with Crippen LogP contribution in [0.15, 0.2) is 27.1 Å². The van der Waals surface area contributed by atoms with Crippen LogP contribution in [0.1, 0.15) is 19.8 Å². The summed E-state index contributed by atoms with van der Waals surface area (Å²) in [6.45, 7) is 4.59. The molecule has 0 amide bonds. The van der Waals surface area contributed by atoms with Crippen LogP contribution in [0.5, 0.6) is 0 Å². The fraction of sp³-hybridized carbons (Fsp3) is 0.500. The first kappa shape index (κ1) is 14.0. The number of halogens is 2. The standard InChI is InChI=1S/C12H17Br2NO/c1-2-3-8-16-9-7-15-12-10(13)5-4-6-11(12)14/h4-6,15H,2-3,7-9H2,1H3. The quantitative estimate of drug-likeness (QED) is 0.734. The summed E-state index contributed by atoms with van der Waals surface area (Å²) in [7, 11) is 0. The summed E-state index contributed by atoms with van der Waals surface area (Å²) in [5.41, 5.74) is 1.08. The molecule has 0 aliphatic heterocycles. The van der Waals surface area contributed by atoms with Gasteiger partial charge in [-0.2, -0.15) is 0 Å². The lowest BCUT2D eigenvalue weighted by Gasteiger charge is -2.10. The van der Waals surface area contributed by atoms with Crippen molar-refractivity contribution in [2.45, 2.75) is 19.8 Å². The molecule has 0 radical (unpaired) electrons. The van der Waals surface area contributed by atoms with Crippen LogP contribution in [0.2, 0.25) is 0 Å². The summed E-state index contributed by atoms with van der Waals surface area (Å²) < 4.78 is 7.61. The third-order valence-electron chi connectivity index (χ3n) is 2.15. The molecule has 0 aromatic heterocycles. The van der Waals surface area contributed by atoms with Gasteiger partial charge < -0.3 is 10.1 Å². The van der Waals surface area contributed by atoms with Gasteiger partial charge in [0.25, 0.3) is 0 Å². The number of rotatable bonds is 7. The fourth-order valence-corrected chi connectivity index (χ4v) is 2.54. The van der Waals surface area contributed by atoms with Crippen LogP contribution in [-0.2, 0) is 4.74 Å². The Morgan fingerprint density at radius 2 is 1.88 bits per heavy atom. The maximum atomic E-state index is 5.48. The average Bonchev–Trinajstić information content (AvgIpc) is 2.26. The lowest BCUT2D eigenvalue weighted by atomic mass is 10.3. The van der Waals surface area contributed by atoms with Gasteiger partial charge in [-0.25, -0.2) is 0 Å². The molecule has 0 unspecified atom stereocenters. The van der Waals surface area contributed by atoms with E-state index in [1.54, 1.807) is 0 Å². The first-order valence-corrected chi connectivity index (χ1v) is 7.10. The Balaban J connectivity index is 2.26. The molecule has 0 aliphatic rings. The molecule has 16 heavy (non-hydrogen) atoms. The van der Waals surface area contributed by atoms with E-state index in [0.717, 1.165) is 40.8 Å². The molecule has 1 aromatic rings. The zero-order valence-electron chi connectivity index (χ0n) is 9.43. The van der Waals surface area contributed by atoms with Gasteiger partial charge in [-0.15, -0.1) is 0 Å². The molecule has 0 saturated carbocycles. The van der Waals surface area contributed by atoms with Crippen LogP contribution in [0.4, 0.5) is 5.69 Å². The van der Waals surface area contributed by atoms with Crippen molar-refractivity contribution in [3.05, 3.63) is 27.1 Å². The summed E-state index contributed by atoms with van der Waals surface area (Å²) in [6, 6.07) is 6.03.